The smallest absolute Gasteiger partial charge is 0.0195 e. The molecule has 1 unspecified atom stereocenters. The Balaban J connectivity index is 1.63. The summed E-state index contributed by atoms with van der Waals surface area (Å²) in [5.41, 5.74) is 0. The van der Waals surface area contributed by atoms with Crippen molar-refractivity contribution in [3.8, 4) is 0 Å². The highest BCUT2D eigenvalue weighted by molar-refractivity contribution is 7.99. The maximum absolute atomic E-state index is 3.64. The van der Waals surface area contributed by atoms with E-state index >= 15 is 0 Å². The van der Waals surface area contributed by atoms with Gasteiger partial charge in [-0.05, 0) is 62.6 Å². The molecule has 0 aromatic carbocycles. The molecule has 1 saturated carbocycles. The maximum Gasteiger partial charge on any atom is 0.0195 e. The van der Waals surface area contributed by atoms with Crippen LogP contribution in [0.4, 0.5) is 0 Å². The van der Waals surface area contributed by atoms with Gasteiger partial charge in [-0.25, -0.2) is 0 Å². The third kappa shape index (κ3) is 5.62. The molecule has 2 fully saturated rings. The summed E-state index contributed by atoms with van der Waals surface area (Å²) < 4.78 is 0. The van der Waals surface area contributed by atoms with E-state index in [1.807, 2.05) is 0 Å². The van der Waals surface area contributed by atoms with Crippen LogP contribution in [0.25, 0.3) is 0 Å². The molecule has 0 radical (unpaired) electrons. The molecule has 100 valence electrons. The first-order valence-corrected chi connectivity index (χ1v) is 8.57. The van der Waals surface area contributed by atoms with Crippen molar-refractivity contribution in [2.24, 2.45) is 5.92 Å². The number of hydrogen-bond acceptors (Lipinski definition) is 3. The average molecular weight is 256 g/mol. The predicted octanol–water partition coefficient (Wildman–Crippen LogP) is 2.59. The van der Waals surface area contributed by atoms with E-state index in [4.69, 9.17) is 0 Å². The Kier molecular flexibility index (Phi) is 6.16. The van der Waals surface area contributed by atoms with Gasteiger partial charge in [0, 0.05) is 19.1 Å². The summed E-state index contributed by atoms with van der Waals surface area (Å²) in [6.45, 7) is 7.49. The molecule has 2 aliphatic rings. The number of nitrogens with one attached hydrogen (secondary N) is 1. The van der Waals surface area contributed by atoms with Crippen molar-refractivity contribution in [1.82, 2.24) is 10.2 Å². The second kappa shape index (κ2) is 7.65. The van der Waals surface area contributed by atoms with Crippen LogP contribution in [0.2, 0.25) is 0 Å². The zero-order valence-corrected chi connectivity index (χ0v) is 12.1. The summed E-state index contributed by atoms with van der Waals surface area (Å²) in [6.07, 6.45) is 7.12. The summed E-state index contributed by atoms with van der Waals surface area (Å²) in [5, 5.41) is 3.64. The first-order valence-electron chi connectivity index (χ1n) is 7.42. The molecule has 1 aliphatic heterocycles. The van der Waals surface area contributed by atoms with Gasteiger partial charge in [0.25, 0.3) is 0 Å². The van der Waals surface area contributed by atoms with E-state index in [1.54, 1.807) is 0 Å². The molecular weight excluding hydrogens is 228 g/mol. The molecule has 17 heavy (non-hydrogen) atoms. The van der Waals surface area contributed by atoms with E-state index in [9.17, 15) is 0 Å². The van der Waals surface area contributed by atoms with E-state index in [1.165, 1.54) is 69.8 Å². The van der Waals surface area contributed by atoms with Gasteiger partial charge in [-0.15, -0.1) is 0 Å². The fourth-order valence-corrected chi connectivity index (χ4v) is 3.30. The SMILES string of the molecule is CCSCCCN(CC1CC1)CC1CCCN1. The van der Waals surface area contributed by atoms with Gasteiger partial charge in [0.1, 0.15) is 0 Å². The lowest BCUT2D eigenvalue weighted by molar-refractivity contribution is 0.241. The van der Waals surface area contributed by atoms with Gasteiger partial charge >= 0.3 is 0 Å². The molecule has 0 bridgehead atoms. The molecule has 1 N–H and O–H groups in total. The summed E-state index contributed by atoms with van der Waals surface area (Å²) in [5.74, 6) is 3.65. The third-order valence-electron chi connectivity index (χ3n) is 3.82. The second-order valence-corrected chi connectivity index (χ2v) is 6.94. The van der Waals surface area contributed by atoms with Crippen LogP contribution in [0.3, 0.4) is 0 Å². The molecule has 2 rings (SSSR count). The van der Waals surface area contributed by atoms with E-state index in [-0.39, 0.29) is 0 Å². The minimum atomic E-state index is 0.785. The van der Waals surface area contributed by atoms with Crippen molar-refractivity contribution in [1.29, 1.82) is 0 Å². The monoisotopic (exact) mass is 256 g/mol. The van der Waals surface area contributed by atoms with Crippen molar-refractivity contribution in [2.75, 3.05) is 37.7 Å². The van der Waals surface area contributed by atoms with Gasteiger partial charge in [0.15, 0.2) is 0 Å². The zero-order valence-electron chi connectivity index (χ0n) is 11.3. The van der Waals surface area contributed by atoms with Crippen molar-refractivity contribution in [3.63, 3.8) is 0 Å². The zero-order chi connectivity index (χ0) is 11.9. The normalized spacial score (nSPS) is 24.7. The van der Waals surface area contributed by atoms with Gasteiger partial charge in [-0.2, -0.15) is 11.8 Å². The summed E-state index contributed by atoms with van der Waals surface area (Å²) in [4.78, 5) is 2.73. The Morgan fingerprint density at radius 3 is 2.76 bits per heavy atom. The van der Waals surface area contributed by atoms with Crippen LogP contribution < -0.4 is 5.32 Å². The van der Waals surface area contributed by atoms with Crippen LogP contribution in [0.5, 0.6) is 0 Å². The lowest BCUT2D eigenvalue weighted by Gasteiger charge is -2.25. The summed E-state index contributed by atoms with van der Waals surface area (Å²) in [7, 11) is 0. The van der Waals surface area contributed by atoms with Gasteiger partial charge in [0.05, 0.1) is 0 Å². The van der Waals surface area contributed by atoms with Crippen molar-refractivity contribution in [3.05, 3.63) is 0 Å². The fourth-order valence-electron chi connectivity index (χ4n) is 2.68. The molecule has 1 saturated heterocycles. The third-order valence-corrected chi connectivity index (χ3v) is 4.81. The number of nitrogens with zero attached hydrogens (tertiary/aromatic N) is 1. The van der Waals surface area contributed by atoms with Gasteiger partial charge in [-0.3, -0.25) is 0 Å². The van der Waals surface area contributed by atoms with Crippen molar-refractivity contribution in [2.45, 2.75) is 45.1 Å². The lowest BCUT2D eigenvalue weighted by Crippen LogP contribution is -2.39. The molecule has 0 amide bonds. The van der Waals surface area contributed by atoms with Crippen LogP contribution in [-0.4, -0.2) is 48.6 Å². The van der Waals surface area contributed by atoms with Gasteiger partial charge in [0.2, 0.25) is 0 Å². The maximum atomic E-state index is 3.64. The minimum Gasteiger partial charge on any atom is -0.313 e. The number of thioether (sulfide) groups is 1. The van der Waals surface area contributed by atoms with E-state index < -0.39 is 0 Å². The Bertz CT molecular complexity index is 200. The van der Waals surface area contributed by atoms with Gasteiger partial charge < -0.3 is 10.2 Å². The first-order chi connectivity index (χ1) is 8.38. The topological polar surface area (TPSA) is 15.3 Å². The van der Waals surface area contributed by atoms with E-state index in [0.29, 0.717) is 0 Å². The van der Waals surface area contributed by atoms with E-state index in [2.05, 4.69) is 28.9 Å². The average Bonchev–Trinajstić information content (AvgIpc) is 2.99. The number of hydrogen-bond donors (Lipinski definition) is 1. The Labute approximate surface area is 111 Å². The molecule has 0 aromatic rings. The molecule has 1 atom stereocenters. The number of rotatable bonds is 9. The molecule has 0 spiro atoms. The standard InChI is InChI=1S/C14H28N2S/c1-2-17-10-4-9-16(11-13-6-7-13)12-14-5-3-8-15-14/h13-15H,2-12H2,1H3. The summed E-state index contributed by atoms with van der Waals surface area (Å²) in [6, 6.07) is 0.785. The molecule has 1 aliphatic carbocycles. The fraction of sp³-hybridized carbons (Fsp3) is 1.00. The predicted molar refractivity (Wildman–Crippen MR) is 77.8 cm³/mol. The largest absolute Gasteiger partial charge is 0.313 e. The van der Waals surface area contributed by atoms with Crippen LogP contribution in [0.15, 0.2) is 0 Å². The lowest BCUT2D eigenvalue weighted by atomic mass is 10.2. The van der Waals surface area contributed by atoms with Crippen molar-refractivity contribution >= 4 is 11.8 Å². The molecule has 1 heterocycles. The van der Waals surface area contributed by atoms with Crippen LogP contribution >= 0.6 is 11.8 Å². The van der Waals surface area contributed by atoms with Crippen LogP contribution in [0, 0.1) is 5.92 Å². The summed E-state index contributed by atoms with van der Waals surface area (Å²) >= 11 is 2.09. The Hall–Kier alpha value is 0.270. The highest BCUT2D eigenvalue weighted by Crippen LogP contribution is 2.30. The molecule has 0 aromatic heterocycles. The molecule has 3 heteroatoms. The van der Waals surface area contributed by atoms with Crippen LogP contribution in [-0.2, 0) is 0 Å². The van der Waals surface area contributed by atoms with Crippen LogP contribution in [0.1, 0.15) is 39.0 Å². The highest BCUT2D eigenvalue weighted by Gasteiger charge is 2.26. The van der Waals surface area contributed by atoms with Crippen molar-refractivity contribution < 1.29 is 0 Å². The Morgan fingerprint density at radius 1 is 1.24 bits per heavy atom. The van der Waals surface area contributed by atoms with Gasteiger partial charge in [-0.1, -0.05) is 6.92 Å². The minimum absolute atomic E-state index is 0.785. The van der Waals surface area contributed by atoms with E-state index in [0.717, 1.165) is 12.0 Å². The Morgan fingerprint density at radius 2 is 2.12 bits per heavy atom. The molecule has 2 nitrogen and oxygen atoms in total. The molecular formula is C14H28N2S. The second-order valence-electron chi connectivity index (χ2n) is 5.55. The quantitative estimate of drug-likeness (QED) is 0.638. The first kappa shape index (κ1) is 13.7. The highest BCUT2D eigenvalue weighted by atomic mass is 32.2.